The molecule has 216 valence electrons. The summed E-state index contributed by atoms with van der Waals surface area (Å²) in [6.07, 6.45) is 10.5. The van der Waals surface area contributed by atoms with Gasteiger partial charge in [-0.25, -0.2) is 9.59 Å². The fourth-order valence-electron chi connectivity index (χ4n) is 9.92. The number of alkyl carbamates (subject to hydrolysis) is 1. The minimum atomic E-state index is -0.705. The van der Waals surface area contributed by atoms with Crippen LogP contribution in [0.3, 0.4) is 0 Å². The van der Waals surface area contributed by atoms with Gasteiger partial charge in [-0.1, -0.05) is 13.8 Å². The van der Waals surface area contributed by atoms with Crippen LogP contribution in [0.25, 0.3) is 0 Å². The Labute approximate surface area is 231 Å². The summed E-state index contributed by atoms with van der Waals surface area (Å²) in [4.78, 5) is 26.2. The van der Waals surface area contributed by atoms with Crippen LogP contribution >= 0.6 is 0 Å². The van der Waals surface area contributed by atoms with Crippen molar-refractivity contribution in [1.82, 2.24) is 10.2 Å². The minimum absolute atomic E-state index is 0.0474. The number of aliphatic hydroxyl groups is 2. The summed E-state index contributed by atoms with van der Waals surface area (Å²) in [5, 5.41) is 25.0. The van der Waals surface area contributed by atoms with Gasteiger partial charge in [-0.05, 0) is 105 Å². The predicted molar refractivity (Wildman–Crippen MR) is 146 cm³/mol. The van der Waals surface area contributed by atoms with E-state index < -0.39 is 5.60 Å². The number of carbonyl (C=O) groups excluding carboxylic acids is 1. The second kappa shape index (κ2) is 10.2. The SMILES string of the molecule is C[C@]12CC[C@H](OC(=O)NCCN3CC[C@@H](O)C3)C[C@H]1CC[C@@H]1[C@@H]2CC[C@]2(C)[C@@H](c3ccc(=O)oc3)CC[C@]12O. The first-order valence-electron chi connectivity index (χ1n) is 15.3. The molecule has 8 nitrogen and oxygen atoms in total. The van der Waals surface area contributed by atoms with Gasteiger partial charge in [0.25, 0.3) is 0 Å². The third-order valence-electron chi connectivity index (χ3n) is 12.1. The van der Waals surface area contributed by atoms with E-state index in [-0.39, 0.29) is 46.6 Å². The van der Waals surface area contributed by atoms with Gasteiger partial charge in [0.1, 0.15) is 6.10 Å². The molecule has 9 atom stereocenters. The van der Waals surface area contributed by atoms with Gasteiger partial charge in [-0.3, -0.25) is 4.90 Å². The lowest BCUT2D eigenvalue weighted by atomic mass is 9.43. The summed E-state index contributed by atoms with van der Waals surface area (Å²) in [6, 6.07) is 3.40. The number of nitrogens with one attached hydrogen (secondary N) is 1. The number of hydrogen-bond acceptors (Lipinski definition) is 7. The highest BCUT2D eigenvalue weighted by Gasteiger charge is 2.67. The smallest absolute Gasteiger partial charge is 0.407 e. The Bertz CT molecular complexity index is 1100. The van der Waals surface area contributed by atoms with Crippen molar-refractivity contribution < 1.29 is 24.2 Å². The van der Waals surface area contributed by atoms with E-state index in [4.69, 9.17) is 9.15 Å². The lowest BCUT2D eigenvalue weighted by Gasteiger charge is -2.63. The van der Waals surface area contributed by atoms with E-state index in [1.807, 2.05) is 6.07 Å². The summed E-state index contributed by atoms with van der Waals surface area (Å²) in [7, 11) is 0. The van der Waals surface area contributed by atoms with Gasteiger partial charge in [-0.2, -0.15) is 0 Å². The Kier molecular flexibility index (Phi) is 7.12. The topological polar surface area (TPSA) is 112 Å². The number of carbonyl (C=O) groups is 1. The van der Waals surface area contributed by atoms with E-state index >= 15 is 0 Å². The lowest BCUT2D eigenvalue weighted by Crippen LogP contribution is -2.62. The van der Waals surface area contributed by atoms with E-state index in [9.17, 15) is 19.8 Å². The first-order valence-corrected chi connectivity index (χ1v) is 15.3. The molecule has 1 aliphatic heterocycles. The fraction of sp³-hybridized carbons (Fsp3) is 0.806. The van der Waals surface area contributed by atoms with Crippen LogP contribution in [0.1, 0.15) is 89.5 Å². The Morgan fingerprint density at radius 2 is 1.95 bits per heavy atom. The van der Waals surface area contributed by atoms with Crippen molar-refractivity contribution in [1.29, 1.82) is 0 Å². The number of amides is 1. The molecule has 0 radical (unpaired) electrons. The number of likely N-dealkylation sites (tertiary alicyclic amines) is 1. The summed E-state index contributed by atoms with van der Waals surface area (Å²) < 4.78 is 11.1. The Morgan fingerprint density at radius 3 is 2.69 bits per heavy atom. The first kappa shape index (κ1) is 27.3. The zero-order valence-corrected chi connectivity index (χ0v) is 23.6. The number of fused-ring (bicyclic) bond motifs is 5. The Morgan fingerprint density at radius 1 is 1.10 bits per heavy atom. The summed E-state index contributed by atoms with van der Waals surface area (Å²) in [6.45, 7) is 7.55. The maximum absolute atomic E-state index is 12.5. The molecule has 8 heteroatoms. The molecule has 1 aromatic rings. The maximum Gasteiger partial charge on any atom is 0.407 e. The van der Waals surface area contributed by atoms with Crippen molar-refractivity contribution in [2.75, 3.05) is 26.2 Å². The monoisotopic (exact) mass is 542 g/mol. The van der Waals surface area contributed by atoms with Gasteiger partial charge in [-0.15, -0.1) is 0 Å². The Hall–Kier alpha value is -1.90. The lowest BCUT2D eigenvalue weighted by molar-refractivity contribution is -0.205. The molecule has 6 rings (SSSR count). The molecular weight excluding hydrogens is 496 g/mol. The van der Waals surface area contributed by atoms with Gasteiger partial charge < -0.3 is 24.7 Å². The first-order chi connectivity index (χ1) is 18.6. The molecule has 39 heavy (non-hydrogen) atoms. The van der Waals surface area contributed by atoms with Crippen LogP contribution in [-0.2, 0) is 4.74 Å². The zero-order chi connectivity index (χ0) is 27.4. The molecule has 0 unspecified atom stereocenters. The van der Waals surface area contributed by atoms with Crippen molar-refractivity contribution in [2.24, 2.45) is 28.6 Å². The average Bonchev–Trinajstić information content (AvgIpc) is 3.44. The van der Waals surface area contributed by atoms with Crippen LogP contribution in [0.4, 0.5) is 4.79 Å². The van der Waals surface area contributed by atoms with Crippen molar-refractivity contribution >= 4 is 6.09 Å². The predicted octanol–water partition coefficient (Wildman–Crippen LogP) is 4.04. The Balaban J connectivity index is 1.07. The summed E-state index contributed by atoms with van der Waals surface area (Å²) in [5.74, 6) is 1.47. The number of β-amino-alcohol motifs (C(OH)–C–C–N with tert-alkyl or cyclic N) is 1. The van der Waals surface area contributed by atoms with E-state index in [0.717, 1.165) is 82.9 Å². The number of aliphatic hydroxyl groups excluding tert-OH is 1. The highest BCUT2D eigenvalue weighted by Crippen LogP contribution is 2.70. The molecular formula is C31H46N2O6. The number of rotatable bonds is 5. The zero-order valence-electron chi connectivity index (χ0n) is 23.6. The van der Waals surface area contributed by atoms with Gasteiger partial charge >= 0.3 is 11.7 Å². The molecule has 1 amide bonds. The molecule has 5 fully saturated rings. The van der Waals surface area contributed by atoms with Gasteiger partial charge in [0.05, 0.1) is 18.0 Å². The third kappa shape index (κ3) is 4.64. The minimum Gasteiger partial charge on any atom is -0.446 e. The quantitative estimate of drug-likeness (QED) is 0.515. The van der Waals surface area contributed by atoms with Crippen LogP contribution in [0.2, 0.25) is 0 Å². The van der Waals surface area contributed by atoms with Crippen LogP contribution in [0, 0.1) is 28.6 Å². The molecule has 0 bridgehead atoms. The van der Waals surface area contributed by atoms with Gasteiger partial charge in [0, 0.05) is 37.7 Å². The molecule has 3 N–H and O–H groups in total. The van der Waals surface area contributed by atoms with E-state index in [0.29, 0.717) is 24.9 Å². The van der Waals surface area contributed by atoms with E-state index in [1.165, 1.54) is 6.07 Å². The largest absolute Gasteiger partial charge is 0.446 e. The molecule has 4 saturated carbocycles. The van der Waals surface area contributed by atoms with Crippen molar-refractivity contribution in [3.8, 4) is 0 Å². The molecule has 4 aliphatic carbocycles. The highest BCUT2D eigenvalue weighted by atomic mass is 16.6. The van der Waals surface area contributed by atoms with Crippen LogP contribution in [-0.4, -0.2) is 65.2 Å². The number of hydrogen-bond donors (Lipinski definition) is 3. The van der Waals surface area contributed by atoms with Crippen molar-refractivity contribution in [2.45, 2.75) is 102 Å². The molecule has 0 spiro atoms. The molecule has 5 aliphatic rings. The summed E-state index contributed by atoms with van der Waals surface area (Å²) >= 11 is 0. The fourth-order valence-corrected chi connectivity index (χ4v) is 9.92. The number of ether oxygens (including phenoxy) is 1. The molecule has 2 heterocycles. The molecule has 1 saturated heterocycles. The van der Waals surface area contributed by atoms with Crippen LogP contribution in [0.15, 0.2) is 27.6 Å². The van der Waals surface area contributed by atoms with E-state index in [1.54, 1.807) is 6.26 Å². The van der Waals surface area contributed by atoms with Crippen LogP contribution in [0.5, 0.6) is 0 Å². The molecule has 0 aromatic carbocycles. The van der Waals surface area contributed by atoms with Crippen molar-refractivity contribution in [3.05, 3.63) is 34.4 Å². The summed E-state index contributed by atoms with van der Waals surface area (Å²) in [5.41, 5.74) is -0.0521. The standard InChI is InChI=1S/C31H46N2O6/c1-29-11-7-23(39-28(36)32-14-16-33-15-10-22(34)18-33)17-21(29)4-5-26-25(29)8-12-30(2)24(9-13-31(26,30)37)20-3-6-27(35)38-19-20/h3,6,19,21-26,34,37H,4-5,7-18H2,1-2H3,(H,32,36)/t21-,22-,23+,24-,25+,26-,29+,30-,31+/m1/s1. The average molecular weight is 543 g/mol. The number of nitrogens with zero attached hydrogens (tertiary/aromatic N) is 1. The third-order valence-corrected chi connectivity index (χ3v) is 12.1. The maximum atomic E-state index is 12.5. The second-order valence-corrected chi connectivity index (χ2v) is 13.8. The second-order valence-electron chi connectivity index (χ2n) is 13.8. The van der Waals surface area contributed by atoms with Crippen LogP contribution < -0.4 is 10.9 Å². The highest BCUT2D eigenvalue weighted by molar-refractivity contribution is 5.67. The van der Waals surface area contributed by atoms with Crippen molar-refractivity contribution in [3.63, 3.8) is 0 Å². The molecule has 1 aromatic heterocycles. The van der Waals surface area contributed by atoms with Gasteiger partial charge in [0.15, 0.2) is 0 Å². The van der Waals surface area contributed by atoms with E-state index in [2.05, 4.69) is 24.1 Å². The van der Waals surface area contributed by atoms with Gasteiger partial charge in [0.2, 0.25) is 0 Å². The normalized spacial score (nSPS) is 43.8.